The van der Waals surface area contributed by atoms with Gasteiger partial charge in [0.05, 0.1) is 5.56 Å². The molecule has 4 heteroatoms. The van der Waals surface area contributed by atoms with Gasteiger partial charge in [0.25, 0.3) is 0 Å². The molecule has 0 bridgehead atoms. The molecule has 0 aliphatic rings. The van der Waals surface area contributed by atoms with Crippen molar-refractivity contribution in [2.24, 2.45) is 0 Å². The van der Waals surface area contributed by atoms with E-state index in [9.17, 15) is 9.18 Å². The van der Waals surface area contributed by atoms with E-state index in [1.807, 2.05) is 6.92 Å². The quantitative estimate of drug-likeness (QED) is 0.835. The van der Waals surface area contributed by atoms with E-state index in [2.05, 4.69) is 18.5 Å². The van der Waals surface area contributed by atoms with Crippen LogP contribution in [0.25, 0.3) is 11.3 Å². The van der Waals surface area contributed by atoms with Gasteiger partial charge < -0.3 is 10.4 Å². The molecule has 2 N–H and O–H groups in total. The van der Waals surface area contributed by atoms with Gasteiger partial charge in [-0.15, -0.1) is 0 Å². The largest absolute Gasteiger partial charge is 0.478 e. The van der Waals surface area contributed by atoms with Gasteiger partial charge >= 0.3 is 5.97 Å². The van der Waals surface area contributed by atoms with E-state index in [0.29, 0.717) is 17.8 Å². The minimum absolute atomic E-state index is 0.246. The van der Waals surface area contributed by atoms with Gasteiger partial charge in [-0.25, -0.2) is 9.18 Å². The van der Waals surface area contributed by atoms with E-state index in [-0.39, 0.29) is 11.4 Å². The average molecular weight is 311 g/mol. The maximum Gasteiger partial charge on any atom is 0.335 e. The Balaban J connectivity index is 2.11. The Morgan fingerprint density at radius 3 is 2.35 bits per heavy atom. The van der Waals surface area contributed by atoms with E-state index in [4.69, 9.17) is 5.11 Å². The Labute approximate surface area is 134 Å². The second-order valence-electron chi connectivity index (χ2n) is 5.30. The summed E-state index contributed by atoms with van der Waals surface area (Å²) in [5, 5.41) is 12.1. The van der Waals surface area contributed by atoms with Crippen molar-refractivity contribution in [1.29, 1.82) is 0 Å². The van der Waals surface area contributed by atoms with Crippen LogP contribution in [0.4, 0.5) is 4.39 Å². The fourth-order valence-electron chi connectivity index (χ4n) is 2.20. The molecule has 0 spiro atoms. The first kappa shape index (κ1) is 16.5. The topological polar surface area (TPSA) is 49.3 Å². The number of hydrogen-bond donors (Lipinski definition) is 2. The number of benzene rings is 2. The lowest BCUT2D eigenvalue weighted by molar-refractivity contribution is 0.0697. The molecule has 0 atom stereocenters. The van der Waals surface area contributed by atoms with Gasteiger partial charge in [0.1, 0.15) is 5.82 Å². The van der Waals surface area contributed by atoms with Gasteiger partial charge in [0, 0.05) is 17.8 Å². The molecule has 0 unspecified atom stereocenters. The molecule has 0 saturated heterocycles. The lowest BCUT2D eigenvalue weighted by Gasteiger charge is -2.14. The zero-order chi connectivity index (χ0) is 17.0. The number of carbonyl (C=O) groups is 1. The highest BCUT2D eigenvalue weighted by molar-refractivity contribution is 5.87. The molecule has 0 fully saturated rings. The molecule has 0 aliphatic heterocycles. The van der Waals surface area contributed by atoms with Gasteiger partial charge in [-0.1, -0.05) is 30.9 Å². The molecule has 0 amide bonds. The van der Waals surface area contributed by atoms with Crippen LogP contribution < -0.4 is 5.32 Å². The maximum atomic E-state index is 13.4. The third-order valence-corrected chi connectivity index (χ3v) is 3.47. The van der Waals surface area contributed by atoms with Crippen molar-refractivity contribution < 1.29 is 14.3 Å². The molecular formula is C19H18FNO2. The Morgan fingerprint density at radius 1 is 1.13 bits per heavy atom. The lowest BCUT2D eigenvalue weighted by Crippen LogP contribution is -2.12. The summed E-state index contributed by atoms with van der Waals surface area (Å²) in [6, 6.07) is 11.1. The SMILES string of the molecule is C=C(C)c1cc(F)ccc1C(=C)NCc1ccc(C(=O)O)cc1. The van der Waals surface area contributed by atoms with E-state index >= 15 is 0 Å². The second kappa shape index (κ2) is 6.92. The molecule has 0 radical (unpaired) electrons. The molecule has 118 valence electrons. The fraction of sp³-hybridized carbons (Fsp3) is 0.105. The minimum atomic E-state index is -0.952. The van der Waals surface area contributed by atoms with Crippen molar-refractivity contribution >= 4 is 17.2 Å². The van der Waals surface area contributed by atoms with Gasteiger partial charge in [0.15, 0.2) is 0 Å². The summed E-state index contributed by atoms with van der Waals surface area (Å²) in [4.78, 5) is 10.8. The maximum absolute atomic E-state index is 13.4. The number of aromatic carboxylic acids is 1. The standard InChI is InChI=1S/C19H18FNO2/c1-12(2)18-10-16(20)8-9-17(18)13(3)21-11-14-4-6-15(7-5-14)19(22)23/h4-10,21H,1,3,11H2,2H3,(H,22,23). The first-order valence-corrected chi connectivity index (χ1v) is 7.09. The number of rotatable bonds is 6. The molecule has 0 aliphatic carbocycles. The van der Waals surface area contributed by atoms with Crippen LogP contribution in [0.15, 0.2) is 55.6 Å². The highest BCUT2D eigenvalue weighted by Gasteiger charge is 2.08. The Bertz CT molecular complexity index is 763. The van der Waals surface area contributed by atoms with Gasteiger partial charge in [-0.2, -0.15) is 0 Å². The Kier molecular flexibility index (Phi) is 4.96. The van der Waals surface area contributed by atoms with Crippen molar-refractivity contribution in [3.63, 3.8) is 0 Å². The molecule has 0 aromatic heterocycles. The van der Waals surface area contributed by atoms with Crippen molar-refractivity contribution in [2.75, 3.05) is 0 Å². The number of allylic oxidation sites excluding steroid dienone is 1. The highest BCUT2D eigenvalue weighted by atomic mass is 19.1. The lowest BCUT2D eigenvalue weighted by atomic mass is 9.99. The molecule has 23 heavy (non-hydrogen) atoms. The smallest absolute Gasteiger partial charge is 0.335 e. The van der Waals surface area contributed by atoms with E-state index in [1.165, 1.54) is 12.1 Å². The predicted octanol–water partition coefficient (Wildman–Crippen LogP) is 4.32. The molecule has 0 saturated carbocycles. The first-order chi connectivity index (χ1) is 10.9. The average Bonchev–Trinajstić information content (AvgIpc) is 2.52. The zero-order valence-electron chi connectivity index (χ0n) is 12.9. The van der Waals surface area contributed by atoms with Crippen molar-refractivity contribution in [3.05, 3.63) is 83.7 Å². The van der Waals surface area contributed by atoms with E-state index in [0.717, 1.165) is 16.7 Å². The van der Waals surface area contributed by atoms with Crippen LogP contribution in [-0.4, -0.2) is 11.1 Å². The molecule has 0 heterocycles. The third kappa shape index (κ3) is 4.07. The fourth-order valence-corrected chi connectivity index (χ4v) is 2.20. The third-order valence-electron chi connectivity index (χ3n) is 3.47. The number of halogens is 1. The van der Waals surface area contributed by atoms with Crippen molar-refractivity contribution in [1.82, 2.24) is 5.32 Å². The second-order valence-corrected chi connectivity index (χ2v) is 5.30. The number of carboxylic acid groups (broad SMARTS) is 1. The summed E-state index contributed by atoms with van der Waals surface area (Å²) in [6.45, 7) is 10.2. The summed E-state index contributed by atoms with van der Waals surface area (Å²) < 4.78 is 13.4. The van der Waals surface area contributed by atoms with Crippen LogP contribution in [0.1, 0.15) is 34.0 Å². The van der Waals surface area contributed by atoms with Crippen LogP contribution in [0.3, 0.4) is 0 Å². The summed E-state index contributed by atoms with van der Waals surface area (Å²) in [5.74, 6) is -1.27. The van der Waals surface area contributed by atoms with Crippen molar-refractivity contribution in [3.8, 4) is 0 Å². The summed E-state index contributed by atoms with van der Waals surface area (Å²) in [6.07, 6.45) is 0. The summed E-state index contributed by atoms with van der Waals surface area (Å²) in [7, 11) is 0. The summed E-state index contributed by atoms with van der Waals surface area (Å²) >= 11 is 0. The zero-order valence-corrected chi connectivity index (χ0v) is 12.9. The normalized spacial score (nSPS) is 10.2. The van der Waals surface area contributed by atoms with Crippen LogP contribution in [-0.2, 0) is 6.54 Å². The predicted molar refractivity (Wildman–Crippen MR) is 90.4 cm³/mol. The van der Waals surface area contributed by atoms with E-state index in [1.54, 1.807) is 30.3 Å². The highest BCUT2D eigenvalue weighted by Crippen LogP contribution is 2.23. The monoisotopic (exact) mass is 311 g/mol. The van der Waals surface area contributed by atoms with Crippen LogP contribution in [0.2, 0.25) is 0 Å². The number of carboxylic acids is 1. The van der Waals surface area contributed by atoms with Gasteiger partial charge in [-0.3, -0.25) is 0 Å². The summed E-state index contributed by atoms with van der Waals surface area (Å²) in [5.41, 5.74) is 4.09. The molecule has 3 nitrogen and oxygen atoms in total. The molecular weight excluding hydrogens is 293 g/mol. The Morgan fingerprint density at radius 2 is 1.78 bits per heavy atom. The van der Waals surface area contributed by atoms with Crippen molar-refractivity contribution in [2.45, 2.75) is 13.5 Å². The number of hydrogen-bond acceptors (Lipinski definition) is 2. The first-order valence-electron chi connectivity index (χ1n) is 7.09. The molecule has 2 rings (SSSR count). The minimum Gasteiger partial charge on any atom is -0.478 e. The van der Waals surface area contributed by atoms with E-state index < -0.39 is 5.97 Å². The molecule has 2 aromatic carbocycles. The van der Waals surface area contributed by atoms with Gasteiger partial charge in [-0.05, 0) is 48.4 Å². The van der Waals surface area contributed by atoms with Crippen LogP contribution in [0.5, 0.6) is 0 Å². The number of nitrogens with one attached hydrogen (secondary N) is 1. The Hall–Kier alpha value is -2.88. The molecule has 2 aromatic rings. The van der Waals surface area contributed by atoms with Crippen LogP contribution >= 0.6 is 0 Å². The van der Waals surface area contributed by atoms with Crippen LogP contribution in [0, 0.1) is 5.82 Å². The van der Waals surface area contributed by atoms with Gasteiger partial charge in [0.2, 0.25) is 0 Å².